The fourth-order valence-electron chi connectivity index (χ4n) is 3.08. The molecular weight excluding hydrogens is 362 g/mol. The van der Waals surface area contributed by atoms with Crippen LogP contribution in [0.1, 0.15) is 10.4 Å². The van der Waals surface area contributed by atoms with E-state index in [-0.39, 0.29) is 5.91 Å². The first kappa shape index (κ1) is 18.4. The number of nitrogens with one attached hydrogen (secondary N) is 2. The topological polar surface area (TPSA) is 71.8 Å². The Morgan fingerprint density at radius 1 is 0.931 bits per heavy atom. The Hall–Kier alpha value is -3.93. The number of benzene rings is 3. The highest BCUT2D eigenvalue weighted by atomic mass is 16.1. The number of aromatic nitrogens is 3. The molecule has 6 heteroatoms. The maximum absolute atomic E-state index is 12.5. The Balaban J connectivity index is 1.55. The lowest BCUT2D eigenvalue weighted by molar-refractivity contribution is 0.102. The standard InChI is InChI=1S/C23H21N5O/c29-23(19-9-5-2-6-10-19)27-20-11-12-22(25-13-14-28-17-24-16-26-28)21(15-20)18-7-3-1-4-8-18/h1-12,15-17,25H,13-14H2,(H,27,29). The van der Waals surface area contributed by atoms with Crippen molar-refractivity contribution in [1.29, 1.82) is 0 Å². The lowest BCUT2D eigenvalue weighted by Gasteiger charge is -2.15. The summed E-state index contributed by atoms with van der Waals surface area (Å²) in [6.07, 6.45) is 3.22. The second-order valence-electron chi connectivity index (χ2n) is 6.53. The van der Waals surface area contributed by atoms with Crippen LogP contribution >= 0.6 is 0 Å². The van der Waals surface area contributed by atoms with Gasteiger partial charge in [0.25, 0.3) is 5.91 Å². The van der Waals surface area contributed by atoms with Crippen molar-refractivity contribution in [1.82, 2.24) is 14.8 Å². The minimum absolute atomic E-state index is 0.128. The smallest absolute Gasteiger partial charge is 0.255 e. The predicted molar refractivity (Wildman–Crippen MR) is 115 cm³/mol. The molecule has 29 heavy (non-hydrogen) atoms. The maximum Gasteiger partial charge on any atom is 0.255 e. The molecule has 0 saturated carbocycles. The van der Waals surface area contributed by atoms with Gasteiger partial charge in [-0.05, 0) is 35.9 Å². The van der Waals surface area contributed by atoms with Crippen LogP contribution in [0.4, 0.5) is 11.4 Å². The molecule has 0 unspecified atom stereocenters. The van der Waals surface area contributed by atoms with Crippen LogP contribution in [0.25, 0.3) is 11.1 Å². The number of carbonyl (C=O) groups is 1. The van der Waals surface area contributed by atoms with Gasteiger partial charge in [-0.1, -0.05) is 48.5 Å². The highest BCUT2D eigenvalue weighted by Crippen LogP contribution is 2.31. The van der Waals surface area contributed by atoms with E-state index in [2.05, 4.69) is 32.8 Å². The SMILES string of the molecule is O=C(Nc1ccc(NCCn2cncn2)c(-c2ccccc2)c1)c1ccccc1. The molecule has 1 aromatic heterocycles. The number of nitrogens with zero attached hydrogens (tertiary/aromatic N) is 3. The van der Waals surface area contributed by atoms with Crippen molar-refractivity contribution in [3.63, 3.8) is 0 Å². The molecule has 0 radical (unpaired) electrons. The van der Waals surface area contributed by atoms with Crippen molar-refractivity contribution in [3.05, 3.63) is 97.1 Å². The van der Waals surface area contributed by atoms with Crippen LogP contribution in [0.15, 0.2) is 91.5 Å². The van der Waals surface area contributed by atoms with E-state index in [9.17, 15) is 4.79 Å². The third-order valence-electron chi connectivity index (χ3n) is 4.52. The molecule has 3 aromatic carbocycles. The van der Waals surface area contributed by atoms with Crippen LogP contribution < -0.4 is 10.6 Å². The van der Waals surface area contributed by atoms with Gasteiger partial charge in [0.2, 0.25) is 0 Å². The van der Waals surface area contributed by atoms with Gasteiger partial charge >= 0.3 is 0 Å². The third kappa shape index (κ3) is 4.68. The van der Waals surface area contributed by atoms with E-state index in [1.165, 1.54) is 6.33 Å². The molecule has 6 nitrogen and oxygen atoms in total. The molecule has 0 bridgehead atoms. The summed E-state index contributed by atoms with van der Waals surface area (Å²) in [4.78, 5) is 16.5. The molecule has 0 aliphatic heterocycles. The fraction of sp³-hybridized carbons (Fsp3) is 0.0870. The zero-order valence-electron chi connectivity index (χ0n) is 15.8. The van der Waals surface area contributed by atoms with Crippen LogP contribution in [-0.2, 0) is 6.54 Å². The second kappa shape index (κ2) is 8.84. The molecule has 144 valence electrons. The Morgan fingerprint density at radius 2 is 1.69 bits per heavy atom. The van der Waals surface area contributed by atoms with Crippen LogP contribution in [-0.4, -0.2) is 27.2 Å². The lowest BCUT2D eigenvalue weighted by atomic mass is 10.0. The quantitative estimate of drug-likeness (QED) is 0.499. The zero-order chi connectivity index (χ0) is 19.9. The molecule has 0 saturated heterocycles. The summed E-state index contributed by atoms with van der Waals surface area (Å²) < 4.78 is 1.78. The molecule has 0 spiro atoms. The minimum atomic E-state index is -0.128. The van der Waals surface area contributed by atoms with Crippen molar-refractivity contribution in [2.75, 3.05) is 17.2 Å². The summed E-state index contributed by atoms with van der Waals surface area (Å²) in [6, 6.07) is 25.2. The second-order valence-corrected chi connectivity index (χ2v) is 6.53. The molecule has 0 aliphatic carbocycles. The van der Waals surface area contributed by atoms with E-state index < -0.39 is 0 Å². The Morgan fingerprint density at radius 3 is 2.41 bits per heavy atom. The number of carbonyl (C=O) groups excluding carboxylic acids is 1. The number of hydrogen-bond donors (Lipinski definition) is 2. The molecule has 0 aliphatic rings. The molecule has 0 fully saturated rings. The number of hydrogen-bond acceptors (Lipinski definition) is 4. The maximum atomic E-state index is 12.5. The Bertz CT molecular complexity index is 1060. The minimum Gasteiger partial charge on any atom is -0.383 e. The number of anilines is 2. The van der Waals surface area contributed by atoms with Gasteiger partial charge in [0.15, 0.2) is 0 Å². The predicted octanol–water partition coefficient (Wildman–Crippen LogP) is 4.31. The highest BCUT2D eigenvalue weighted by molar-refractivity contribution is 6.04. The van der Waals surface area contributed by atoms with E-state index in [0.29, 0.717) is 18.7 Å². The number of amides is 1. The van der Waals surface area contributed by atoms with Crippen LogP contribution in [0, 0.1) is 0 Å². The van der Waals surface area contributed by atoms with Crippen LogP contribution in [0.3, 0.4) is 0 Å². The van der Waals surface area contributed by atoms with Crippen molar-refractivity contribution in [3.8, 4) is 11.1 Å². The first-order chi connectivity index (χ1) is 14.3. The van der Waals surface area contributed by atoms with Crippen molar-refractivity contribution in [2.45, 2.75) is 6.54 Å². The summed E-state index contributed by atoms with van der Waals surface area (Å²) in [5, 5.41) is 10.6. The molecule has 0 atom stereocenters. The summed E-state index contributed by atoms with van der Waals surface area (Å²) >= 11 is 0. The van der Waals surface area contributed by atoms with Gasteiger partial charge < -0.3 is 10.6 Å². The molecule has 2 N–H and O–H groups in total. The summed E-state index contributed by atoms with van der Waals surface area (Å²) in [5.41, 5.74) is 4.47. The van der Waals surface area contributed by atoms with E-state index in [1.807, 2.05) is 54.6 Å². The van der Waals surface area contributed by atoms with Gasteiger partial charge in [-0.3, -0.25) is 9.48 Å². The Labute approximate surface area is 169 Å². The largest absolute Gasteiger partial charge is 0.383 e. The van der Waals surface area contributed by atoms with Gasteiger partial charge in [0.1, 0.15) is 12.7 Å². The first-order valence-electron chi connectivity index (χ1n) is 9.42. The average molecular weight is 383 g/mol. The van der Waals surface area contributed by atoms with Crippen LogP contribution in [0.5, 0.6) is 0 Å². The molecule has 1 amide bonds. The zero-order valence-corrected chi connectivity index (χ0v) is 15.8. The molecule has 4 rings (SSSR count). The van der Waals surface area contributed by atoms with Gasteiger partial charge in [0.05, 0.1) is 6.54 Å². The lowest BCUT2D eigenvalue weighted by Crippen LogP contribution is -2.13. The third-order valence-corrected chi connectivity index (χ3v) is 4.52. The summed E-state index contributed by atoms with van der Waals surface area (Å²) in [6.45, 7) is 1.42. The first-order valence-corrected chi connectivity index (χ1v) is 9.42. The van der Waals surface area contributed by atoms with Crippen molar-refractivity contribution in [2.24, 2.45) is 0 Å². The highest BCUT2D eigenvalue weighted by Gasteiger charge is 2.10. The average Bonchev–Trinajstić information content (AvgIpc) is 3.29. The normalized spacial score (nSPS) is 10.5. The monoisotopic (exact) mass is 383 g/mol. The van der Waals surface area contributed by atoms with Gasteiger partial charge in [-0.15, -0.1) is 0 Å². The van der Waals surface area contributed by atoms with Crippen LogP contribution in [0.2, 0.25) is 0 Å². The Kier molecular flexibility index (Phi) is 5.62. The fourth-order valence-corrected chi connectivity index (χ4v) is 3.08. The van der Waals surface area contributed by atoms with Gasteiger partial charge in [0, 0.05) is 29.0 Å². The van der Waals surface area contributed by atoms with Crippen molar-refractivity contribution < 1.29 is 4.79 Å². The summed E-state index contributed by atoms with van der Waals surface area (Å²) in [7, 11) is 0. The van der Waals surface area contributed by atoms with E-state index in [1.54, 1.807) is 23.1 Å². The molecule has 4 aromatic rings. The summed E-state index contributed by atoms with van der Waals surface area (Å²) in [5.74, 6) is -0.128. The molecule has 1 heterocycles. The van der Waals surface area contributed by atoms with E-state index in [4.69, 9.17) is 0 Å². The van der Waals surface area contributed by atoms with E-state index >= 15 is 0 Å². The van der Waals surface area contributed by atoms with Gasteiger partial charge in [-0.2, -0.15) is 5.10 Å². The van der Waals surface area contributed by atoms with Crippen molar-refractivity contribution >= 4 is 17.3 Å². The number of rotatable bonds is 7. The van der Waals surface area contributed by atoms with E-state index in [0.717, 1.165) is 22.5 Å². The molecular formula is C23H21N5O. The van der Waals surface area contributed by atoms with Gasteiger partial charge in [-0.25, -0.2) is 4.98 Å².